The van der Waals surface area contributed by atoms with Gasteiger partial charge in [-0.15, -0.1) is 5.92 Å². The molecule has 1 aromatic carbocycles. The molecule has 1 aliphatic heterocycles. The zero-order valence-electron chi connectivity index (χ0n) is 16.4. The Morgan fingerprint density at radius 3 is 2.64 bits per heavy atom. The fourth-order valence-electron chi connectivity index (χ4n) is 3.47. The summed E-state index contributed by atoms with van der Waals surface area (Å²) in [7, 11) is 0. The molecule has 1 saturated heterocycles. The largest absolute Gasteiger partial charge is 0.481 e. The molecule has 0 spiro atoms. The molecule has 0 aliphatic carbocycles. The summed E-state index contributed by atoms with van der Waals surface area (Å²) in [5.41, 5.74) is 1.02. The van der Waals surface area contributed by atoms with Crippen LogP contribution >= 0.6 is 0 Å². The van der Waals surface area contributed by atoms with Gasteiger partial charge in [-0.05, 0) is 31.2 Å². The van der Waals surface area contributed by atoms with Crippen LogP contribution in [-0.4, -0.2) is 40.3 Å². The smallest absolute Gasteiger partial charge is 0.303 e. The van der Waals surface area contributed by atoms with E-state index < -0.39 is 5.97 Å². The van der Waals surface area contributed by atoms with E-state index in [0.717, 1.165) is 24.8 Å². The van der Waals surface area contributed by atoms with Gasteiger partial charge in [0.05, 0.1) is 6.54 Å². The van der Waals surface area contributed by atoms with Gasteiger partial charge in [0.2, 0.25) is 5.91 Å². The van der Waals surface area contributed by atoms with Crippen LogP contribution in [0.1, 0.15) is 63.4 Å². The number of ketones is 1. The second kappa shape index (κ2) is 12.0. The van der Waals surface area contributed by atoms with Crippen LogP contribution in [0.2, 0.25) is 0 Å². The molecule has 2 rings (SSSR count). The molecule has 1 fully saturated rings. The van der Waals surface area contributed by atoms with Crippen LogP contribution in [0.25, 0.3) is 0 Å². The molecule has 0 bridgehead atoms. The molecule has 0 saturated carbocycles. The molecule has 5 heteroatoms. The van der Waals surface area contributed by atoms with Gasteiger partial charge in [0.15, 0.2) is 0 Å². The number of carbonyl (C=O) groups is 3. The van der Waals surface area contributed by atoms with E-state index in [2.05, 4.69) is 11.8 Å². The van der Waals surface area contributed by atoms with Crippen molar-refractivity contribution in [1.82, 2.24) is 4.90 Å². The zero-order chi connectivity index (χ0) is 20.2. The van der Waals surface area contributed by atoms with E-state index in [1.54, 1.807) is 0 Å². The van der Waals surface area contributed by atoms with Gasteiger partial charge >= 0.3 is 5.97 Å². The summed E-state index contributed by atoms with van der Waals surface area (Å²) in [5.74, 6) is 5.49. The maximum absolute atomic E-state index is 12.5. The average Bonchev–Trinajstić information content (AvgIpc) is 2.85. The number of Topliss-reactive ketones (excluding diaryl/α,β-unsaturated/α-hetero) is 1. The predicted molar refractivity (Wildman–Crippen MR) is 108 cm³/mol. The molecule has 1 atom stereocenters. The third kappa shape index (κ3) is 7.96. The van der Waals surface area contributed by atoms with Crippen molar-refractivity contribution in [1.29, 1.82) is 0 Å². The summed E-state index contributed by atoms with van der Waals surface area (Å²) in [6.45, 7) is 0.365. The molecule has 150 valence electrons. The van der Waals surface area contributed by atoms with Gasteiger partial charge in [0.25, 0.3) is 0 Å². The summed E-state index contributed by atoms with van der Waals surface area (Å²) in [6, 6.07) is 9.78. The second-order valence-electron chi connectivity index (χ2n) is 7.26. The maximum atomic E-state index is 12.5. The molecule has 28 heavy (non-hydrogen) atoms. The van der Waals surface area contributed by atoms with E-state index in [0.29, 0.717) is 45.1 Å². The normalized spacial score (nSPS) is 16.8. The number of carboxylic acids is 1. The van der Waals surface area contributed by atoms with Gasteiger partial charge in [0, 0.05) is 38.1 Å². The summed E-state index contributed by atoms with van der Waals surface area (Å²) in [5, 5.41) is 8.64. The SMILES string of the molecule is O=C(O)CCCC#CCN1C(=O)CCCCC1CCC(=O)Cc1ccccc1. The van der Waals surface area contributed by atoms with Crippen molar-refractivity contribution >= 4 is 17.7 Å². The lowest BCUT2D eigenvalue weighted by Gasteiger charge is -2.28. The highest BCUT2D eigenvalue weighted by molar-refractivity contribution is 5.81. The van der Waals surface area contributed by atoms with E-state index >= 15 is 0 Å². The Morgan fingerprint density at radius 2 is 1.89 bits per heavy atom. The lowest BCUT2D eigenvalue weighted by atomic mass is 9.99. The monoisotopic (exact) mass is 383 g/mol. The van der Waals surface area contributed by atoms with Crippen LogP contribution in [0.15, 0.2) is 30.3 Å². The van der Waals surface area contributed by atoms with Crippen molar-refractivity contribution in [3.8, 4) is 11.8 Å². The molecular formula is C23H29NO4. The Bertz CT molecular complexity index is 717. The van der Waals surface area contributed by atoms with Crippen LogP contribution in [0, 0.1) is 11.8 Å². The minimum Gasteiger partial charge on any atom is -0.481 e. The number of rotatable bonds is 9. The van der Waals surface area contributed by atoms with Gasteiger partial charge in [-0.25, -0.2) is 0 Å². The highest BCUT2D eigenvalue weighted by atomic mass is 16.4. The topological polar surface area (TPSA) is 74.7 Å². The fraction of sp³-hybridized carbons (Fsp3) is 0.522. The molecule has 5 nitrogen and oxygen atoms in total. The van der Waals surface area contributed by atoms with Crippen LogP contribution in [0.3, 0.4) is 0 Å². The molecule has 1 aliphatic rings. The number of carbonyl (C=O) groups excluding carboxylic acids is 2. The molecule has 1 heterocycles. The third-order valence-corrected chi connectivity index (χ3v) is 5.01. The first-order valence-electron chi connectivity index (χ1n) is 10.1. The quantitative estimate of drug-likeness (QED) is 0.522. The maximum Gasteiger partial charge on any atom is 0.303 e. The highest BCUT2D eigenvalue weighted by Gasteiger charge is 2.25. The number of unbranched alkanes of at least 4 members (excludes halogenated alkanes) is 1. The highest BCUT2D eigenvalue weighted by Crippen LogP contribution is 2.21. The third-order valence-electron chi connectivity index (χ3n) is 5.01. The Labute approximate surface area is 167 Å². The van der Waals surface area contributed by atoms with Crippen LogP contribution in [0.4, 0.5) is 0 Å². The fourth-order valence-corrected chi connectivity index (χ4v) is 3.47. The standard InChI is InChI=1S/C23H29NO4/c25-21(18-19-10-4-3-5-11-19)16-15-20-12-7-8-13-22(26)24(20)17-9-2-1-6-14-23(27)28/h3-5,10-11,20H,1,6-8,12-18H2,(H,27,28). The molecule has 1 amide bonds. The Balaban J connectivity index is 1.86. The number of hydrogen-bond donors (Lipinski definition) is 1. The van der Waals surface area contributed by atoms with E-state index in [4.69, 9.17) is 5.11 Å². The first-order valence-corrected chi connectivity index (χ1v) is 10.1. The van der Waals surface area contributed by atoms with Gasteiger partial charge in [-0.1, -0.05) is 42.7 Å². The van der Waals surface area contributed by atoms with Gasteiger partial charge < -0.3 is 10.0 Å². The zero-order valence-corrected chi connectivity index (χ0v) is 16.4. The van der Waals surface area contributed by atoms with Crippen LogP contribution in [-0.2, 0) is 20.8 Å². The van der Waals surface area contributed by atoms with E-state index in [9.17, 15) is 14.4 Å². The van der Waals surface area contributed by atoms with Gasteiger partial charge in [0.1, 0.15) is 5.78 Å². The number of aliphatic carboxylic acids is 1. The Morgan fingerprint density at radius 1 is 1.11 bits per heavy atom. The Kier molecular flexibility index (Phi) is 9.27. The Hall–Kier alpha value is -2.61. The number of amides is 1. The number of hydrogen-bond acceptors (Lipinski definition) is 3. The molecule has 0 aromatic heterocycles. The summed E-state index contributed by atoms with van der Waals surface area (Å²) in [6.07, 6.45) is 6.06. The van der Waals surface area contributed by atoms with Gasteiger partial charge in [-0.3, -0.25) is 14.4 Å². The van der Waals surface area contributed by atoms with Crippen molar-refractivity contribution in [3.05, 3.63) is 35.9 Å². The first kappa shape index (κ1) is 21.7. The van der Waals surface area contributed by atoms with Crippen molar-refractivity contribution < 1.29 is 19.5 Å². The number of carboxylic acid groups (broad SMARTS) is 1. The molecule has 1 unspecified atom stereocenters. The number of nitrogens with zero attached hydrogens (tertiary/aromatic N) is 1. The minimum absolute atomic E-state index is 0.0584. The predicted octanol–water partition coefficient (Wildman–Crippen LogP) is 3.61. The molecule has 1 N–H and O–H groups in total. The lowest BCUT2D eigenvalue weighted by Crippen LogP contribution is -2.39. The lowest BCUT2D eigenvalue weighted by molar-refractivity contribution is -0.137. The minimum atomic E-state index is -0.815. The summed E-state index contributed by atoms with van der Waals surface area (Å²) < 4.78 is 0. The van der Waals surface area contributed by atoms with Crippen LogP contribution < -0.4 is 0 Å². The number of benzene rings is 1. The van der Waals surface area contributed by atoms with Crippen molar-refractivity contribution in [3.63, 3.8) is 0 Å². The van der Waals surface area contributed by atoms with E-state index in [-0.39, 0.29) is 24.2 Å². The van der Waals surface area contributed by atoms with Crippen molar-refractivity contribution in [2.45, 2.75) is 70.3 Å². The second-order valence-corrected chi connectivity index (χ2v) is 7.26. The molecule has 0 radical (unpaired) electrons. The van der Waals surface area contributed by atoms with E-state index in [1.807, 2.05) is 35.2 Å². The number of likely N-dealkylation sites (tertiary alicyclic amines) is 1. The van der Waals surface area contributed by atoms with Crippen LogP contribution in [0.5, 0.6) is 0 Å². The van der Waals surface area contributed by atoms with E-state index in [1.165, 1.54) is 0 Å². The summed E-state index contributed by atoms with van der Waals surface area (Å²) >= 11 is 0. The van der Waals surface area contributed by atoms with Crippen molar-refractivity contribution in [2.24, 2.45) is 0 Å². The van der Waals surface area contributed by atoms with Crippen molar-refractivity contribution in [2.75, 3.05) is 6.54 Å². The van der Waals surface area contributed by atoms with Gasteiger partial charge in [-0.2, -0.15) is 0 Å². The first-order chi connectivity index (χ1) is 13.6. The summed E-state index contributed by atoms with van der Waals surface area (Å²) in [4.78, 5) is 37.1. The molecule has 1 aromatic rings. The molecular weight excluding hydrogens is 354 g/mol. The average molecular weight is 383 g/mol.